The number of hydrogen-bond donors (Lipinski definition) is 2. The zero-order valence-electron chi connectivity index (χ0n) is 17.0. The lowest BCUT2D eigenvalue weighted by Gasteiger charge is -2.14. The van der Waals surface area contributed by atoms with Crippen molar-refractivity contribution in [1.29, 1.82) is 0 Å². The number of hydrogen-bond acceptors (Lipinski definition) is 6. The minimum atomic E-state index is -4.48. The predicted molar refractivity (Wildman–Crippen MR) is 121 cm³/mol. The Morgan fingerprint density at radius 1 is 1.19 bits per heavy atom. The topological polar surface area (TPSA) is 66.9 Å². The molecule has 5 nitrogen and oxygen atoms in total. The maximum atomic E-state index is 13.3. The highest BCUT2D eigenvalue weighted by molar-refractivity contribution is 7.20. The van der Waals surface area contributed by atoms with E-state index in [1.165, 1.54) is 22.7 Å². The molecule has 2 N–H and O–H groups in total. The first-order valence-electron chi connectivity index (χ1n) is 10.2. The van der Waals surface area contributed by atoms with Gasteiger partial charge < -0.3 is 10.6 Å². The Balaban J connectivity index is 1.33. The van der Waals surface area contributed by atoms with E-state index >= 15 is 0 Å². The summed E-state index contributed by atoms with van der Waals surface area (Å²) in [4.78, 5) is 22.4. The van der Waals surface area contributed by atoms with Gasteiger partial charge in [0.2, 0.25) is 0 Å². The molecule has 1 saturated carbocycles. The summed E-state index contributed by atoms with van der Waals surface area (Å²) >= 11 is 2.97. The molecule has 1 aliphatic carbocycles. The first kappa shape index (κ1) is 22.5. The van der Waals surface area contributed by atoms with Gasteiger partial charge in [-0.25, -0.2) is 9.97 Å². The summed E-state index contributed by atoms with van der Waals surface area (Å²) in [6, 6.07) is 8.22. The third kappa shape index (κ3) is 5.74. The Morgan fingerprint density at radius 3 is 2.62 bits per heavy atom. The van der Waals surface area contributed by atoms with Crippen LogP contribution in [0.15, 0.2) is 53.7 Å². The molecule has 1 amide bonds. The second kappa shape index (κ2) is 9.83. The Kier molecular flexibility index (Phi) is 6.90. The maximum absolute atomic E-state index is 13.3. The molecule has 0 bridgehead atoms. The van der Waals surface area contributed by atoms with Gasteiger partial charge in [0.25, 0.3) is 5.91 Å². The van der Waals surface area contributed by atoms with Gasteiger partial charge in [0.1, 0.15) is 11.4 Å². The molecular weight excluding hydrogens is 457 g/mol. The molecule has 32 heavy (non-hydrogen) atoms. The van der Waals surface area contributed by atoms with Gasteiger partial charge in [0.15, 0.2) is 10.0 Å². The second-order valence-electron chi connectivity index (χ2n) is 7.35. The quantitative estimate of drug-likeness (QED) is 0.359. The lowest BCUT2D eigenvalue weighted by Crippen LogP contribution is -2.25. The van der Waals surface area contributed by atoms with Crippen molar-refractivity contribution < 1.29 is 18.0 Å². The largest absolute Gasteiger partial charge is 0.430 e. The van der Waals surface area contributed by atoms with Crippen molar-refractivity contribution >= 4 is 34.3 Å². The number of rotatable bonds is 9. The van der Waals surface area contributed by atoms with Crippen LogP contribution in [-0.2, 0) is 0 Å². The van der Waals surface area contributed by atoms with E-state index in [9.17, 15) is 18.0 Å². The fourth-order valence-corrected chi connectivity index (χ4v) is 5.00. The van der Waals surface area contributed by atoms with Crippen molar-refractivity contribution in [2.24, 2.45) is 0 Å². The highest BCUT2D eigenvalue weighted by Crippen LogP contribution is 2.46. The zero-order valence-corrected chi connectivity index (χ0v) is 18.6. The van der Waals surface area contributed by atoms with Crippen LogP contribution in [0.4, 0.5) is 18.9 Å². The molecule has 10 heteroatoms. The highest BCUT2D eigenvalue weighted by Gasteiger charge is 2.34. The molecule has 2 heterocycles. The smallest absolute Gasteiger partial charge is 0.352 e. The SMILES string of the molecule is O=C(NCCC/C=C(\Nc1ccccc1)C(F)(F)F)c1nc(-c2nccs2)sc1C1CC1. The minimum absolute atomic E-state index is 0.172. The molecule has 1 fully saturated rings. The molecule has 1 aliphatic rings. The van der Waals surface area contributed by atoms with Crippen LogP contribution >= 0.6 is 22.7 Å². The number of unbranched alkanes of at least 4 members (excludes halogenated alkanes) is 1. The first-order chi connectivity index (χ1) is 15.4. The minimum Gasteiger partial charge on any atom is -0.352 e. The standard InChI is InChI=1S/C22H21F3N4OS2/c23-22(24,25)16(28-15-6-2-1-3-7-15)8-4-5-11-26-19(30)17-18(14-9-10-14)32-21(29-17)20-27-12-13-31-20/h1-3,6-8,12-14,28H,4-5,9-11H2,(H,26,30)/b16-8-. The second-order valence-corrected chi connectivity index (χ2v) is 9.27. The molecular formula is C22H21F3N4OS2. The summed E-state index contributed by atoms with van der Waals surface area (Å²) in [6.45, 7) is 0.264. The maximum Gasteiger partial charge on any atom is 0.430 e. The fraction of sp³-hybridized carbons (Fsp3) is 0.318. The van der Waals surface area contributed by atoms with Gasteiger partial charge in [-0.05, 0) is 43.7 Å². The Labute approximate surface area is 191 Å². The molecule has 0 atom stereocenters. The van der Waals surface area contributed by atoms with Crippen LogP contribution in [-0.4, -0.2) is 28.6 Å². The van der Waals surface area contributed by atoms with Crippen molar-refractivity contribution in [2.75, 3.05) is 11.9 Å². The van der Waals surface area contributed by atoms with Gasteiger partial charge in [-0.1, -0.05) is 24.3 Å². The van der Waals surface area contributed by atoms with E-state index in [2.05, 4.69) is 20.6 Å². The van der Waals surface area contributed by atoms with E-state index in [1.807, 2.05) is 5.38 Å². The van der Waals surface area contributed by atoms with Gasteiger partial charge in [0, 0.05) is 28.7 Å². The normalized spacial score (nSPS) is 14.4. The monoisotopic (exact) mass is 478 g/mol. The number of amides is 1. The van der Waals surface area contributed by atoms with Crippen molar-refractivity contribution in [1.82, 2.24) is 15.3 Å². The van der Waals surface area contributed by atoms with E-state index < -0.39 is 11.9 Å². The summed E-state index contributed by atoms with van der Waals surface area (Å²) in [5.41, 5.74) is -0.0184. The van der Waals surface area contributed by atoms with Crippen molar-refractivity contribution in [3.05, 3.63) is 64.3 Å². The molecule has 0 radical (unpaired) electrons. The average molecular weight is 479 g/mol. The lowest BCUT2D eigenvalue weighted by molar-refractivity contribution is -0.0905. The third-order valence-corrected chi connectivity index (χ3v) is 6.94. The van der Waals surface area contributed by atoms with Gasteiger partial charge >= 0.3 is 6.18 Å². The number of carbonyl (C=O) groups is 1. The number of nitrogens with one attached hydrogen (secondary N) is 2. The number of halogens is 3. The van der Waals surface area contributed by atoms with E-state index in [-0.39, 0.29) is 18.9 Å². The first-order valence-corrected chi connectivity index (χ1v) is 11.9. The van der Waals surface area contributed by atoms with Gasteiger partial charge in [-0.2, -0.15) is 13.2 Å². The van der Waals surface area contributed by atoms with Gasteiger partial charge in [-0.15, -0.1) is 22.7 Å². The Morgan fingerprint density at radius 2 is 1.97 bits per heavy atom. The number of para-hydroxylation sites is 1. The number of anilines is 1. The Hall–Kier alpha value is -2.72. The highest BCUT2D eigenvalue weighted by atomic mass is 32.1. The van der Waals surface area contributed by atoms with Crippen LogP contribution in [0.2, 0.25) is 0 Å². The molecule has 2 aromatic heterocycles. The molecule has 0 saturated heterocycles. The average Bonchev–Trinajstić information content (AvgIpc) is 3.28. The van der Waals surface area contributed by atoms with Crippen LogP contribution in [0.1, 0.15) is 47.0 Å². The number of carbonyl (C=O) groups excluding carboxylic acids is 1. The van der Waals surface area contributed by atoms with E-state index in [0.717, 1.165) is 33.8 Å². The lowest BCUT2D eigenvalue weighted by atomic mass is 10.2. The van der Waals surface area contributed by atoms with Crippen LogP contribution in [0.5, 0.6) is 0 Å². The fourth-order valence-electron chi connectivity index (χ4n) is 3.09. The van der Waals surface area contributed by atoms with Crippen LogP contribution < -0.4 is 10.6 Å². The summed E-state index contributed by atoms with van der Waals surface area (Å²) in [7, 11) is 0. The van der Waals surface area contributed by atoms with Crippen LogP contribution in [0.25, 0.3) is 10.0 Å². The summed E-state index contributed by atoms with van der Waals surface area (Å²) < 4.78 is 39.9. The molecule has 0 unspecified atom stereocenters. The molecule has 4 rings (SSSR count). The van der Waals surface area contributed by atoms with E-state index in [0.29, 0.717) is 23.7 Å². The van der Waals surface area contributed by atoms with Crippen LogP contribution in [0, 0.1) is 0 Å². The van der Waals surface area contributed by atoms with Crippen molar-refractivity contribution in [3.8, 4) is 10.0 Å². The summed E-state index contributed by atoms with van der Waals surface area (Å²) in [6.07, 6.45) is 0.977. The number of benzene rings is 1. The van der Waals surface area contributed by atoms with E-state index in [4.69, 9.17) is 0 Å². The summed E-state index contributed by atoms with van der Waals surface area (Å²) in [5, 5.41) is 8.60. The molecule has 1 aromatic carbocycles. The van der Waals surface area contributed by atoms with Crippen molar-refractivity contribution in [2.45, 2.75) is 37.8 Å². The molecule has 3 aromatic rings. The number of aromatic nitrogens is 2. The molecule has 168 valence electrons. The molecule has 0 aliphatic heterocycles. The van der Waals surface area contributed by atoms with Gasteiger partial charge in [-0.3, -0.25) is 4.79 Å². The van der Waals surface area contributed by atoms with Crippen LogP contribution in [0.3, 0.4) is 0 Å². The van der Waals surface area contributed by atoms with Gasteiger partial charge in [0.05, 0.1) is 0 Å². The summed E-state index contributed by atoms with van der Waals surface area (Å²) in [5.74, 6) is 0.0803. The third-order valence-electron chi connectivity index (χ3n) is 4.80. The number of allylic oxidation sites excluding steroid dienone is 2. The predicted octanol–water partition coefficient (Wildman–Crippen LogP) is 6.21. The number of alkyl halides is 3. The van der Waals surface area contributed by atoms with E-state index in [1.54, 1.807) is 36.5 Å². The number of thiazole rings is 2. The number of nitrogens with zero attached hydrogens (tertiary/aromatic N) is 2. The Bertz CT molecular complexity index is 1070. The molecule has 0 spiro atoms. The van der Waals surface area contributed by atoms with Crippen molar-refractivity contribution in [3.63, 3.8) is 0 Å². The zero-order chi connectivity index (χ0) is 22.6.